The summed E-state index contributed by atoms with van der Waals surface area (Å²) in [4.78, 5) is 0. The average Bonchev–Trinajstić information content (AvgIpc) is 1.86. The Bertz CT molecular complexity index is 236. The summed E-state index contributed by atoms with van der Waals surface area (Å²) >= 11 is -2.00. The van der Waals surface area contributed by atoms with Gasteiger partial charge in [-0.1, -0.05) is 0 Å². The van der Waals surface area contributed by atoms with E-state index in [0.29, 0.717) is 0 Å². The molecule has 0 amide bonds. The van der Waals surface area contributed by atoms with E-state index in [-0.39, 0.29) is 17.0 Å². The number of halogens is 1. The maximum atomic E-state index is 2.42. The van der Waals surface area contributed by atoms with Crippen LogP contribution in [-0.2, 0) is 0 Å². The molecule has 0 aliphatic rings. The van der Waals surface area contributed by atoms with Crippen LogP contribution in [0.25, 0.3) is 0 Å². The Morgan fingerprint density at radius 2 is 1.25 bits per heavy atom. The minimum atomic E-state index is -2.00. The van der Waals surface area contributed by atoms with Crippen molar-refractivity contribution in [1.29, 1.82) is 0 Å². The Hall–Kier alpha value is 0.258. The maximum absolute atomic E-state index is 2.42. The zero-order valence-corrected chi connectivity index (χ0v) is 11.8. The van der Waals surface area contributed by atoms with Gasteiger partial charge >= 0.3 is 70.0 Å². The van der Waals surface area contributed by atoms with E-state index in [4.69, 9.17) is 0 Å². The number of rotatable bonds is 1. The van der Waals surface area contributed by atoms with Crippen LogP contribution in [0.4, 0.5) is 0 Å². The molecule has 70 valence electrons. The summed E-state index contributed by atoms with van der Waals surface area (Å²) in [6.07, 6.45) is 0. The molecule has 1 aromatic rings. The number of hydrogen-bond acceptors (Lipinski definition) is 0. The minimum absolute atomic E-state index is 0. The summed E-state index contributed by atoms with van der Waals surface area (Å²) in [6.45, 7) is 0. The van der Waals surface area contributed by atoms with E-state index < -0.39 is 12.5 Å². The Morgan fingerprint density at radius 1 is 0.833 bits per heavy atom. The third-order valence-corrected chi connectivity index (χ3v) is 6.75. The predicted molar refractivity (Wildman–Crippen MR) is 65.6 cm³/mol. The molecule has 0 aliphatic heterocycles. The molecule has 0 bridgehead atoms. The first-order valence-corrected chi connectivity index (χ1v) is 12.4. The van der Waals surface area contributed by atoms with Gasteiger partial charge in [-0.25, -0.2) is 0 Å². The van der Waals surface area contributed by atoms with Gasteiger partial charge in [0, 0.05) is 0 Å². The van der Waals surface area contributed by atoms with E-state index in [9.17, 15) is 0 Å². The third kappa shape index (κ3) is 3.33. The fraction of sp³-hybridized carbons (Fsp3) is 0.400. The van der Waals surface area contributed by atoms with Gasteiger partial charge in [0.1, 0.15) is 0 Å². The fourth-order valence-electron chi connectivity index (χ4n) is 1.02. The van der Waals surface area contributed by atoms with Crippen molar-refractivity contribution in [3.8, 4) is 0 Å². The van der Waals surface area contributed by atoms with E-state index in [1.807, 2.05) is 0 Å². The second-order valence-corrected chi connectivity index (χ2v) is 21.0. The van der Waals surface area contributed by atoms with Crippen LogP contribution in [0, 0.1) is 0 Å². The van der Waals surface area contributed by atoms with E-state index >= 15 is 0 Å². The van der Waals surface area contributed by atoms with Crippen molar-refractivity contribution in [2.24, 2.45) is 0 Å². The first-order valence-electron chi connectivity index (χ1n) is 3.92. The molecule has 0 saturated heterocycles. The van der Waals surface area contributed by atoms with Crippen LogP contribution in [0.3, 0.4) is 0 Å². The molecule has 0 saturated carbocycles. The summed E-state index contributed by atoms with van der Waals surface area (Å²) in [5, 5.41) is 0. The summed E-state index contributed by atoms with van der Waals surface area (Å²) in [7, 11) is 0. The van der Waals surface area contributed by atoms with Crippen molar-refractivity contribution in [3.05, 3.63) is 30.3 Å². The van der Waals surface area contributed by atoms with Crippen LogP contribution in [0.15, 0.2) is 30.3 Å². The summed E-state index contributed by atoms with van der Waals surface area (Å²) in [5.41, 5.74) is 9.70. The first kappa shape index (κ1) is 12.3. The molecule has 0 fully saturated rings. The zero-order chi connectivity index (χ0) is 8.56. The van der Waals surface area contributed by atoms with Crippen LogP contribution < -0.4 is 4.35 Å². The molecule has 0 spiro atoms. The van der Waals surface area contributed by atoms with Crippen molar-refractivity contribution in [1.82, 2.24) is 0 Å². The third-order valence-electron chi connectivity index (χ3n) is 1.79. The summed E-state index contributed by atoms with van der Waals surface area (Å²) in [5.74, 6) is 0. The van der Waals surface area contributed by atoms with E-state index in [1.54, 1.807) is 4.35 Å². The Morgan fingerprint density at radius 3 is 1.50 bits per heavy atom. The predicted octanol–water partition coefficient (Wildman–Crippen LogP) is 3.39. The number of hydrogen-bond donors (Lipinski definition) is 0. The van der Waals surface area contributed by atoms with E-state index in [1.165, 1.54) is 0 Å². The zero-order valence-electron chi connectivity index (χ0n) is 8.24. The van der Waals surface area contributed by atoms with E-state index in [2.05, 4.69) is 53.2 Å². The Kier molecular flexibility index (Phi) is 3.63. The second kappa shape index (κ2) is 3.55. The van der Waals surface area contributed by atoms with Crippen LogP contribution in [0.2, 0.25) is 22.8 Å². The van der Waals surface area contributed by atoms with Gasteiger partial charge in [0.2, 0.25) is 0 Å². The Labute approximate surface area is 86.8 Å². The molecule has 1 aromatic carbocycles. The molecule has 0 radical (unpaired) electrons. The van der Waals surface area contributed by atoms with Crippen molar-refractivity contribution in [3.63, 3.8) is 0 Å². The van der Waals surface area contributed by atoms with Gasteiger partial charge in [0.25, 0.3) is 0 Å². The molecule has 0 unspecified atom stereocenters. The van der Waals surface area contributed by atoms with Crippen LogP contribution >= 0.6 is 17.0 Å². The van der Waals surface area contributed by atoms with Crippen molar-refractivity contribution in [2.45, 2.75) is 22.8 Å². The molecule has 0 heterocycles. The van der Waals surface area contributed by atoms with Gasteiger partial charge in [0.05, 0.1) is 0 Å². The van der Waals surface area contributed by atoms with Crippen LogP contribution in [-0.4, -0.2) is 12.5 Å². The SMILES string of the molecule is Br.C[As](C)(C)(C)c1ccccc1. The number of benzene rings is 1. The monoisotopic (exact) mass is 292 g/mol. The van der Waals surface area contributed by atoms with Gasteiger partial charge in [-0.3, -0.25) is 0 Å². The van der Waals surface area contributed by atoms with Crippen LogP contribution in [0.1, 0.15) is 0 Å². The van der Waals surface area contributed by atoms with E-state index in [0.717, 1.165) is 0 Å². The molecule has 0 atom stereocenters. The quantitative estimate of drug-likeness (QED) is 0.696. The molecule has 0 nitrogen and oxygen atoms in total. The Balaban J connectivity index is 0.00000121. The van der Waals surface area contributed by atoms with Gasteiger partial charge < -0.3 is 0 Å². The average molecular weight is 293 g/mol. The molecule has 0 aromatic heterocycles. The molecular formula is C10H18AsBr. The fourth-order valence-corrected chi connectivity index (χ4v) is 3.89. The summed E-state index contributed by atoms with van der Waals surface area (Å²) < 4.78 is 1.56. The van der Waals surface area contributed by atoms with Crippen LogP contribution in [0.5, 0.6) is 0 Å². The molecule has 2 heteroatoms. The molecule has 12 heavy (non-hydrogen) atoms. The van der Waals surface area contributed by atoms with Gasteiger partial charge in [-0.15, -0.1) is 17.0 Å². The molecule has 1 rings (SSSR count). The second-order valence-electron chi connectivity index (χ2n) is 4.91. The molecule has 0 aliphatic carbocycles. The standard InChI is InChI=1S/C10H17As.BrH/c1-11(2,3,4)10-8-6-5-7-9-10;/h5-9H,1-4H3;1H. The van der Waals surface area contributed by atoms with Gasteiger partial charge in [-0.05, 0) is 0 Å². The van der Waals surface area contributed by atoms with Gasteiger partial charge in [-0.2, -0.15) is 0 Å². The molecular weight excluding hydrogens is 275 g/mol. The topological polar surface area (TPSA) is 0 Å². The van der Waals surface area contributed by atoms with Crippen molar-refractivity contribution < 1.29 is 0 Å². The van der Waals surface area contributed by atoms with Crippen molar-refractivity contribution >= 4 is 33.8 Å². The molecule has 0 N–H and O–H groups in total. The summed E-state index contributed by atoms with van der Waals surface area (Å²) in [6, 6.07) is 10.9. The van der Waals surface area contributed by atoms with Gasteiger partial charge in [0.15, 0.2) is 0 Å². The van der Waals surface area contributed by atoms with Crippen molar-refractivity contribution in [2.75, 3.05) is 0 Å². The normalized spacial score (nSPS) is 14.2. The first-order chi connectivity index (χ1) is 4.86.